The molecular formula is C32H34N4O12S. The summed E-state index contributed by atoms with van der Waals surface area (Å²) >= 11 is 0. The molecule has 260 valence electrons. The van der Waals surface area contributed by atoms with Crippen molar-refractivity contribution in [1.29, 1.82) is 0 Å². The molecule has 0 aliphatic carbocycles. The van der Waals surface area contributed by atoms with Gasteiger partial charge in [-0.1, -0.05) is 26.3 Å². The van der Waals surface area contributed by atoms with Gasteiger partial charge in [-0.05, 0) is 58.0 Å². The standard InChI is InChI=1S/C32H34N4O12S/c1-18(2)27(37)45-31(9,46-28(38)19(3)4)33-22-11-13-23(14-12-22)34-35-25-16-15-24(36(41)42)17-26(25)49(43,44)32(10,47-29(39)20(5)6)48-30(40)21(7)8/h11-17,33H,1,3,5,7H2,2,4,6,8-10H3. The van der Waals surface area contributed by atoms with Crippen molar-refractivity contribution in [1.82, 2.24) is 0 Å². The zero-order chi connectivity index (χ0) is 37.5. The summed E-state index contributed by atoms with van der Waals surface area (Å²) in [6.07, 6.45) is 0. The summed E-state index contributed by atoms with van der Waals surface area (Å²) < 4.78 is 48.6. The molecule has 0 radical (unpaired) electrons. The van der Waals surface area contributed by atoms with Crippen molar-refractivity contribution in [3.63, 3.8) is 0 Å². The summed E-state index contributed by atoms with van der Waals surface area (Å²) in [5, 5.41) is 19.2. The predicted molar refractivity (Wildman–Crippen MR) is 175 cm³/mol. The first kappa shape index (κ1) is 39.2. The number of nitrogens with zero attached hydrogens (tertiary/aromatic N) is 3. The van der Waals surface area contributed by atoms with Crippen molar-refractivity contribution in [3.05, 3.63) is 101 Å². The number of anilines is 1. The second-order valence-corrected chi connectivity index (χ2v) is 13.0. The molecule has 0 aliphatic rings. The third kappa shape index (κ3) is 10.0. The SMILES string of the molecule is C=C(C)C(=O)OC(C)(Nc1ccc(N=Nc2ccc([N+](=O)[O-])cc2S(=O)(=O)C(C)(OC(=O)C(=C)C)OC(=O)C(=C)C)cc1)OC(=O)C(=C)C. The van der Waals surface area contributed by atoms with Crippen LogP contribution in [0.1, 0.15) is 41.5 Å². The Morgan fingerprint density at radius 1 is 0.735 bits per heavy atom. The Labute approximate surface area is 281 Å². The molecule has 49 heavy (non-hydrogen) atoms. The summed E-state index contributed by atoms with van der Waals surface area (Å²) in [5.41, 5.74) is -1.17. The van der Waals surface area contributed by atoms with E-state index in [1.807, 2.05) is 0 Å². The molecule has 2 aromatic carbocycles. The fourth-order valence-electron chi connectivity index (χ4n) is 3.34. The molecule has 2 rings (SSSR count). The number of nitro groups is 1. The highest BCUT2D eigenvalue weighted by atomic mass is 32.2. The number of carbonyl (C=O) groups is 4. The number of nitrogens with one attached hydrogen (secondary N) is 1. The molecule has 16 nitrogen and oxygen atoms in total. The van der Waals surface area contributed by atoms with E-state index >= 15 is 0 Å². The number of carbonyl (C=O) groups excluding carboxylic acids is 4. The van der Waals surface area contributed by atoms with Crippen LogP contribution in [0.15, 0.2) is 106 Å². The molecule has 0 aromatic heterocycles. The average molecular weight is 699 g/mol. The predicted octanol–water partition coefficient (Wildman–Crippen LogP) is 6.02. The Hall–Kier alpha value is -5.97. The summed E-state index contributed by atoms with van der Waals surface area (Å²) in [7, 11) is -5.14. The first-order chi connectivity index (χ1) is 22.5. The fourth-order valence-corrected chi connectivity index (χ4v) is 4.77. The van der Waals surface area contributed by atoms with E-state index in [0.717, 1.165) is 19.1 Å². The number of ether oxygens (including phenoxy) is 4. The maximum absolute atomic E-state index is 14.0. The van der Waals surface area contributed by atoms with Crippen molar-refractivity contribution in [3.8, 4) is 0 Å². The molecule has 0 heterocycles. The highest BCUT2D eigenvalue weighted by molar-refractivity contribution is 7.92. The minimum absolute atomic E-state index is 0.0334. The number of esters is 4. The average Bonchev–Trinajstić information content (AvgIpc) is 2.99. The van der Waals surface area contributed by atoms with Gasteiger partial charge in [0.2, 0.25) is 0 Å². The zero-order valence-corrected chi connectivity index (χ0v) is 28.3. The third-order valence-electron chi connectivity index (χ3n) is 5.97. The van der Waals surface area contributed by atoms with Crippen molar-refractivity contribution < 1.29 is 51.5 Å². The Balaban J connectivity index is 2.58. The third-order valence-corrected chi connectivity index (χ3v) is 8.02. The molecule has 0 saturated carbocycles. The fraction of sp³-hybridized carbons (Fsp3) is 0.250. The van der Waals surface area contributed by atoms with Gasteiger partial charge in [-0.2, -0.15) is 5.11 Å². The Bertz CT molecular complexity index is 1840. The second-order valence-electron chi connectivity index (χ2n) is 10.8. The lowest BCUT2D eigenvalue weighted by atomic mass is 10.2. The van der Waals surface area contributed by atoms with E-state index < -0.39 is 65.9 Å². The largest absolute Gasteiger partial charge is 0.405 e. The topological polar surface area (TPSA) is 219 Å². The highest BCUT2D eigenvalue weighted by Crippen LogP contribution is 2.38. The first-order valence-electron chi connectivity index (χ1n) is 13.9. The number of hydrogen-bond acceptors (Lipinski definition) is 15. The maximum atomic E-state index is 14.0. The lowest BCUT2D eigenvalue weighted by molar-refractivity contribution is -0.385. The smallest absolute Gasteiger partial charge is 0.362 e. The number of sulfone groups is 1. The normalized spacial score (nSPS) is 11.6. The van der Waals surface area contributed by atoms with Gasteiger partial charge < -0.3 is 24.3 Å². The van der Waals surface area contributed by atoms with Crippen molar-refractivity contribution in [2.24, 2.45) is 10.2 Å². The zero-order valence-electron chi connectivity index (χ0n) is 27.5. The summed E-state index contributed by atoms with van der Waals surface area (Å²) in [4.78, 5) is 59.1. The van der Waals surface area contributed by atoms with Crippen molar-refractivity contribution in [2.45, 2.75) is 57.5 Å². The molecule has 0 unspecified atom stereocenters. The minimum Gasteiger partial charge on any atom is -0.405 e. The number of nitro benzene ring substituents is 1. The van der Waals surface area contributed by atoms with Crippen molar-refractivity contribution in [2.75, 3.05) is 5.32 Å². The van der Waals surface area contributed by atoms with Crippen LogP contribution in [0.25, 0.3) is 0 Å². The van der Waals surface area contributed by atoms with Gasteiger partial charge >= 0.3 is 34.9 Å². The molecular weight excluding hydrogens is 664 g/mol. The molecule has 0 aliphatic heterocycles. The van der Waals surface area contributed by atoms with Gasteiger partial charge in [-0.15, -0.1) is 5.11 Å². The quantitative estimate of drug-likeness (QED) is 0.0562. The molecule has 0 saturated heterocycles. The van der Waals surface area contributed by atoms with E-state index in [4.69, 9.17) is 18.9 Å². The number of azo groups is 1. The van der Waals surface area contributed by atoms with Gasteiger partial charge in [0, 0.05) is 54.0 Å². The van der Waals surface area contributed by atoms with E-state index in [-0.39, 0.29) is 33.7 Å². The molecule has 0 spiro atoms. The van der Waals surface area contributed by atoms with Crippen LogP contribution in [-0.4, -0.2) is 48.2 Å². The number of non-ortho nitro benzene ring substituents is 1. The summed E-state index contributed by atoms with van der Waals surface area (Å²) in [6.45, 7) is 21.0. The van der Waals surface area contributed by atoms with Crippen LogP contribution < -0.4 is 5.32 Å². The Morgan fingerprint density at radius 2 is 1.16 bits per heavy atom. The monoisotopic (exact) mass is 698 g/mol. The number of rotatable bonds is 15. The summed E-state index contributed by atoms with van der Waals surface area (Å²) in [5.74, 6) is -6.21. The maximum Gasteiger partial charge on any atom is 0.362 e. The number of benzene rings is 2. The summed E-state index contributed by atoms with van der Waals surface area (Å²) in [6, 6.07) is 8.20. The van der Waals surface area contributed by atoms with Crippen LogP contribution >= 0.6 is 0 Å². The van der Waals surface area contributed by atoms with E-state index in [1.165, 1.54) is 58.9 Å². The second kappa shape index (κ2) is 15.3. The Kier molecular flexibility index (Phi) is 12.2. The van der Waals surface area contributed by atoms with Gasteiger partial charge in [-0.3, -0.25) is 10.1 Å². The lowest BCUT2D eigenvalue weighted by Gasteiger charge is -2.30. The van der Waals surface area contributed by atoms with E-state index in [1.54, 1.807) is 0 Å². The van der Waals surface area contributed by atoms with Crippen molar-refractivity contribution >= 4 is 56.5 Å². The van der Waals surface area contributed by atoms with Crippen LogP contribution in [0.2, 0.25) is 0 Å². The molecule has 0 amide bonds. The molecule has 2 aromatic rings. The van der Waals surface area contributed by atoms with Crippen LogP contribution in [0, 0.1) is 10.1 Å². The van der Waals surface area contributed by atoms with E-state index in [0.29, 0.717) is 6.07 Å². The lowest BCUT2D eigenvalue weighted by Crippen LogP contribution is -2.45. The first-order valence-corrected chi connectivity index (χ1v) is 15.4. The van der Waals surface area contributed by atoms with Gasteiger partial charge in [0.25, 0.3) is 15.5 Å². The van der Waals surface area contributed by atoms with Crippen LogP contribution in [0.5, 0.6) is 0 Å². The molecule has 0 atom stereocenters. The molecule has 17 heteroatoms. The molecule has 0 bridgehead atoms. The Morgan fingerprint density at radius 3 is 1.57 bits per heavy atom. The van der Waals surface area contributed by atoms with E-state index in [2.05, 4.69) is 41.9 Å². The number of hydrogen-bond donors (Lipinski definition) is 1. The van der Waals surface area contributed by atoms with Crippen LogP contribution in [0.3, 0.4) is 0 Å². The minimum atomic E-state index is -5.14. The van der Waals surface area contributed by atoms with Gasteiger partial charge in [0.15, 0.2) is 0 Å². The highest BCUT2D eigenvalue weighted by Gasteiger charge is 2.50. The molecule has 1 N–H and O–H groups in total. The van der Waals surface area contributed by atoms with Gasteiger partial charge in [0.1, 0.15) is 10.6 Å². The van der Waals surface area contributed by atoms with Gasteiger partial charge in [-0.25, -0.2) is 27.6 Å². The van der Waals surface area contributed by atoms with Crippen LogP contribution in [-0.2, 0) is 48.0 Å². The van der Waals surface area contributed by atoms with Crippen LogP contribution in [0.4, 0.5) is 22.7 Å². The molecule has 0 fully saturated rings. The van der Waals surface area contributed by atoms with E-state index in [9.17, 15) is 37.7 Å². The van der Waals surface area contributed by atoms with Gasteiger partial charge in [0.05, 0.1) is 10.6 Å².